The zero-order valence-electron chi connectivity index (χ0n) is 14.9. The van der Waals surface area contributed by atoms with Gasteiger partial charge in [-0.05, 0) is 39.3 Å². The molecule has 1 aliphatic heterocycles. The number of hydrogen-bond acceptors (Lipinski definition) is 8. The van der Waals surface area contributed by atoms with E-state index in [-0.39, 0.29) is 6.04 Å². The number of anilines is 2. The van der Waals surface area contributed by atoms with Crippen LogP contribution in [0.4, 0.5) is 11.8 Å². The second kappa shape index (κ2) is 7.43. The van der Waals surface area contributed by atoms with Gasteiger partial charge in [0.15, 0.2) is 5.82 Å². The summed E-state index contributed by atoms with van der Waals surface area (Å²) in [6, 6.07) is 2.19. The predicted molar refractivity (Wildman–Crippen MR) is 101 cm³/mol. The van der Waals surface area contributed by atoms with Crippen molar-refractivity contribution in [3.05, 3.63) is 52.1 Å². The van der Waals surface area contributed by atoms with E-state index in [1.807, 2.05) is 31.6 Å². The molecule has 1 saturated heterocycles. The quantitative estimate of drug-likeness (QED) is 0.740. The topological polar surface area (TPSA) is 79.7 Å². The molecular formula is C18H21N7S. The minimum Gasteiger partial charge on any atom is -0.307 e. The lowest BCUT2D eigenvalue weighted by Gasteiger charge is -2.24. The van der Waals surface area contributed by atoms with Gasteiger partial charge in [0.25, 0.3) is 0 Å². The molecule has 0 spiro atoms. The molecule has 1 aliphatic rings. The Morgan fingerprint density at radius 1 is 1.19 bits per heavy atom. The number of thiazole rings is 1. The smallest absolute Gasteiger partial charge is 0.228 e. The van der Waals surface area contributed by atoms with Crippen molar-refractivity contribution in [1.29, 1.82) is 0 Å². The van der Waals surface area contributed by atoms with Crippen LogP contribution in [-0.4, -0.2) is 36.4 Å². The standard InChI is InChI=1S/C18H21N7S/c1-12-8-13(2)23-18(22-12)24-17-16(20-5-6-21-17)15-4-3-7-25(15)10-14-9-19-11-26-14/h5-6,8-9,11,15H,3-4,7,10H2,1-2H3,(H,21,22,23,24)/t15-/m1/s1. The van der Waals surface area contributed by atoms with Gasteiger partial charge in [-0.15, -0.1) is 11.3 Å². The van der Waals surface area contributed by atoms with Crippen molar-refractivity contribution in [2.45, 2.75) is 39.3 Å². The molecule has 3 aromatic rings. The number of likely N-dealkylation sites (tertiary alicyclic amines) is 1. The number of aryl methyl sites for hydroxylation is 2. The molecule has 0 aliphatic carbocycles. The van der Waals surface area contributed by atoms with Crippen LogP contribution in [-0.2, 0) is 6.54 Å². The maximum Gasteiger partial charge on any atom is 0.228 e. The van der Waals surface area contributed by atoms with Crippen molar-refractivity contribution in [1.82, 2.24) is 29.8 Å². The SMILES string of the molecule is Cc1cc(C)nc(Nc2nccnc2[C@H]2CCCN2Cc2cncs2)n1. The lowest BCUT2D eigenvalue weighted by molar-refractivity contribution is 0.246. The minimum absolute atomic E-state index is 0.235. The summed E-state index contributed by atoms with van der Waals surface area (Å²) >= 11 is 1.69. The molecule has 26 heavy (non-hydrogen) atoms. The number of hydrogen-bond donors (Lipinski definition) is 1. The summed E-state index contributed by atoms with van der Waals surface area (Å²) in [6.07, 6.45) is 7.63. The van der Waals surface area contributed by atoms with Gasteiger partial charge in [-0.1, -0.05) is 0 Å². The van der Waals surface area contributed by atoms with Crippen LogP contribution in [0.25, 0.3) is 0 Å². The Kier molecular flexibility index (Phi) is 4.85. The number of nitrogens with one attached hydrogen (secondary N) is 1. The fraction of sp³-hybridized carbons (Fsp3) is 0.389. The van der Waals surface area contributed by atoms with Gasteiger partial charge in [0.1, 0.15) is 5.69 Å². The summed E-state index contributed by atoms with van der Waals surface area (Å²) < 4.78 is 0. The number of aromatic nitrogens is 5. The van der Waals surface area contributed by atoms with E-state index in [2.05, 4.69) is 35.1 Å². The summed E-state index contributed by atoms with van der Waals surface area (Å²) in [4.78, 5) is 26.0. The van der Waals surface area contributed by atoms with Crippen LogP contribution in [0.5, 0.6) is 0 Å². The largest absolute Gasteiger partial charge is 0.307 e. The van der Waals surface area contributed by atoms with Crippen molar-refractivity contribution in [2.24, 2.45) is 0 Å². The molecular weight excluding hydrogens is 346 g/mol. The second-order valence-corrected chi connectivity index (χ2v) is 7.46. The highest BCUT2D eigenvalue weighted by atomic mass is 32.1. The van der Waals surface area contributed by atoms with E-state index in [0.717, 1.165) is 48.8 Å². The van der Waals surface area contributed by atoms with Gasteiger partial charge in [-0.3, -0.25) is 14.9 Å². The summed E-state index contributed by atoms with van der Waals surface area (Å²) in [5.74, 6) is 1.30. The van der Waals surface area contributed by atoms with Crippen LogP contribution >= 0.6 is 11.3 Å². The van der Waals surface area contributed by atoms with Gasteiger partial charge >= 0.3 is 0 Å². The van der Waals surface area contributed by atoms with Crippen LogP contribution in [0.3, 0.4) is 0 Å². The Morgan fingerprint density at radius 3 is 2.77 bits per heavy atom. The first-order valence-electron chi connectivity index (χ1n) is 8.70. The molecule has 4 rings (SSSR count). The normalized spacial score (nSPS) is 17.5. The van der Waals surface area contributed by atoms with E-state index in [9.17, 15) is 0 Å². The summed E-state index contributed by atoms with van der Waals surface area (Å²) in [5.41, 5.74) is 4.70. The van der Waals surface area contributed by atoms with E-state index in [1.165, 1.54) is 4.88 Å². The Hall–Kier alpha value is -2.45. The molecule has 134 valence electrons. The van der Waals surface area contributed by atoms with Crippen LogP contribution < -0.4 is 5.32 Å². The van der Waals surface area contributed by atoms with E-state index in [1.54, 1.807) is 23.7 Å². The predicted octanol–water partition coefficient (Wildman–Crippen LogP) is 3.42. The maximum atomic E-state index is 4.65. The molecule has 8 heteroatoms. The summed E-state index contributed by atoms with van der Waals surface area (Å²) in [6.45, 7) is 5.88. The highest BCUT2D eigenvalue weighted by Gasteiger charge is 2.30. The Morgan fingerprint density at radius 2 is 2.00 bits per heavy atom. The van der Waals surface area contributed by atoms with Crippen molar-refractivity contribution in [3.8, 4) is 0 Å². The molecule has 3 aromatic heterocycles. The molecule has 1 N–H and O–H groups in total. The summed E-state index contributed by atoms with van der Waals surface area (Å²) in [5, 5.41) is 3.28. The molecule has 0 radical (unpaired) electrons. The van der Waals surface area contributed by atoms with Crippen molar-refractivity contribution in [2.75, 3.05) is 11.9 Å². The van der Waals surface area contributed by atoms with Crippen LogP contribution in [0.1, 0.15) is 40.8 Å². The summed E-state index contributed by atoms with van der Waals surface area (Å²) in [7, 11) is 0. The molecule has 0 unspecified atom stereocenters. The van der Waals surface area contributed by atoms with Gasteiger partial charge in [-0.2, -0.15) is 0 Å². The van der Waals surface area contributed by atoms with Gasteiger partial charge in [-0.25, -0.2) is 15.0 Å². The molecule has 0 amide bonds. The highest BCUT2D eigenvalue weighted by molar-refractivity contribution is 7.09. The second-order valence-electron chi connectivity index (χ2n) is 6.49. The third kappa shape index (κ3) is 3.71. The molecule has 0 saturated carbocycles. The lowest BCUT2D eigenvalue weighted by Crippen LogP contribution is -2.24. The first-order valence-corrected chi connectivity index (χ1v) is 9.58. The monoisotopic (exact) mass is 367 g/mol. The van der Waals surface area contributed by atoms with Crippen LogP contribution in [0.15, 0.2) is 30.2 Å². The number of rotatable bonds is 5. The molecule has 4 heterocycles. The van der Waals surface area contributed by atoms with Crippen LogP contribution in [0.2, 0.25) is 0 Å². The van der Waals surface area contributed by atoms with E-state index >= 15 is 0 Å². The van der Waals surface area contributed by atoms with Crippen LogP contribution in [0, 0.1) is 13.8 Å². The molecule has 0 aromatic carbocycles. The van der Waals surface area contributed by atoms with E-state index in [0.29, 0.717) is 5.95 Å². The maximum absolute atomic E-state index is 4.65. The van der Waals surface area contributed by atoms with Gasteiger partial charge in [0.05, 0.1) is 11.6 Å². The van der Waals surface area contributed by atoms with Gasteiger partial charge in [0, 0.05) is 41.4 Å². The molecule has 0 bridgehead atoms. The lowest BCUT2D eigenvalue weighted by atomic mass is 10.1. The van der Waals surface area contributed by atoms with Crippen molar-refractivity contribution >= 4 is 23.1 Å². The Bertz CT molecular complexity index is 861. The van der Waals surface area contributed by atoms with E-state index < -0.39 is 0 Å². The Balaban J connectivity index is 1.60. The first kappa shape index (κ1) is 17.0. The molecule has 7 nitrogen and oxygen atoms in total. The fourth-order valence-corrected chi connectivity index (χ4v) is 4.04. The minimum atomic E-state index is 0.235. The van der Waals surface area contributed by atoms with Crippen molar-refractivity contribution < 1.29 is 0 Å². The average Bonchev–Trinajstić information content (AvgIpc) is 3.27. The molecule has 1 fully saturated rings. The van der Waals surface area contributed by atoms with E-state index in [4.69, 9.17) is 0 Å². The van der Waals surface area contributed by atoms with Crippen molar-refractivity contribution in [3.63, 3.8) is 0 Å². The zero-order chi connectivity index (χ0) is 17.9. The Labute approximate surface area is 156 Å². The van der Waals surface area contributed by atoms with Gasteiger partial charge in [0.2, 0.25) is 5.95 Å². The highest BCUT2D eigenvalue weighted by Crippen LogP contribution is 2.35. The zero-order valence-corrected chi connectivity index (χ0v) is 15.7. The van der Waals surface area contributed by atoms with Gasteiger partial charge < -0.3 is 5.32 Å². The average molecular weight is 367 g/mol. The third-order valence-corrected chi connectivity index (χ3v) is 5.23. The number of nitrogens with zero attached hydrogens (tertiary/aromatic N) is 6. The third-order valence-electron chi connectivity index (χ3n) is 4.46. The molecule has 1 atom stereocenters. The fourth-order valence-electron chi connectivity index (χ4n) is 3.42. The first-order chi connectivity index (χ1) is 12.7.